The van der Waals surface area contributed by atoms with Crippen molar-refractivity contribution in [2.24, 2.45) is 16.6 Å². The molecule has 2 unspecified atom stereocenters. The maximum atomic E-state index is 11.8. The fourth-order valence-electron chi connectivity index (χ4n) is 4.84. The molecular formula is C19H30N4O. The second kappa shape index (κ2) is 6.36. The van der Waals surface area contributed by atoms with Crippen LogP contribution in [-0.4, -0.2) is 30.0 Å². The summed E-state index contributed by atoms with van der Waals surface area (Å²) < 4.78 is 0. The van der Waals surface area contributed by atoms with Gasteiger partial charge in [0.2, 0.25) is 5.91 Å². The highest BCUT2D eigenvalue weighted by atomic mass is 16.1. The molecule has 5 nitrogen and oxygen atoms in total. The van der Waals surface area contributed by atoms with Gasteiger partial charge in [-0.3, -0.25) is 4.79 Å². The number of pyridine rings is 1. The Labute approximate surface area is 145 Å². The third-order valence-corrected chi connectivity index (χ3v) is 5.35. The summed E-state index contributed by atoms with van der Waals surface area (Å²) >= 11 is 0. The molecule has 0 radical (unpaired) electrons. The van der Waals surface area contributed by atoms with Crippen LogP contribution in [0.5, 0.6) is 0 Å². The van der Waals surface area contributed by atoms with Gasteiger partial charge in [-0.05, 0) is 55.2 Å². The van der Waals surface area contributed by atoms with E-state index in [1.54, 1.807) is 6.20 Å². The molecule has 3 rings (SSSR count). The van der Waals surface area contributed by atoms with Crippen LogP contribution in [0.25, 0.3) is 0 Å². The van der Waals surface area contributed by atoms with Crippen LogP contribution in [0.1, 0.15) is 52.9 Å². The Morgan fingerprint density at radius 2 is 2.17 bits per heavy atom. The summed E-state index contributed by atoms with van der Waals surface area (Å²) in [6, 6.07) is 4.57. The predicted molar refractivity (Wildman–Crippen MR) is 98.0 cm³/mol. The fourth-order valence-corrected chi connectivity index (χ4v) is 4.84. The van der Waals surface area contributed by atoms with E-state index in [9.17, 15) is 4.79 Å². The van der Waals surface area contributed by atoms with Crippen molar-refractivity contribution in [1.29, 1.82) is 0 Å². The molecule has 2 aliphatic rings. The molecule has 1 saturated heterocycles. The summed E-state index contributed by atoms with van der Waals surface area (Å²) in [5.41, 5.74) is 6.99. The lowest BCUT2D eigenvalue weighted by Gasteiger charge is -2.39. The average Bonchev–Trinajstić information content (AvgIpc) is 2.75. The third-order valence-electron chi connectivity index (χ3n) is 5.35. The van der Waals surface area contributed by atoms with E-state index in [2.05, 4.69) is 36.0 Å². The average molecular weight is 330 g/mol. The van der Waals surface area contributed by atoms with Gasteiger partial charge in [0.1, 0.15) is 5.82 Å². The van der Waals surface area contributed by atoms with Crippen molar-refractivity contribution in [1.82, 2.24) is 4.98 Å². The molecule has 3 N–H and O–H groups in total. The van der Waals surface area contributed by atoms with E-state index in [1.165, 1.54) is 19.3 Å². The number of hydrogen-bond acceptors (Lipinski definition) is 4. The number of hydrogen-bond donors (Lipinski definition) is 2. The minimum Gasteiger partial charge on any atom is -0.353 e. The van der Waals surface area contributed by atoms with E-state index < -0.39 is 0 Å². The molecule has 24 heavy (non-hydrogen) atoms. The molecule has 1 aromatic heterocycles. The van der Waals surface area contributed by atoms with Gasteiger partial charge in [0.15, 0.2) is 0 Å². The highest BCUT2D eigenvalue weighted by Gasteiger charge is 2.49. The summed E-state index contributed by atoms with van der Waals surface area (Å²) in [6.07, 6.45) is 6.70. The highest BCUT2D eigenvalue weighted by molar-refractivity contribution is 5.90. The van der Waals surface area contributed by atoms with Gasteiger partial charge in [0.05, 0.1) is 11.9 Å². The molecule has 1 aliphatic carbocycles. The van der Waals surface area contributed by atoms with E-state index in [0.29, 0.717) is 36.3 Å². The molecule has 0 aromatic carbocycles. The Morgan fingerprint density at radius 3 is 2.83 bits per heavy atom. The van der Waals surface area contributed by atoms with Gasteiger partial charge in [-0.1, -0.05) is 20.8 Å². The predicted octanol–water partition coefficient (Wildman–Crippen LogP) is 3.16. The van der Waals surface area contributed by atoms with Crippen molar-refractivity contribution in [3.05, 3.63) is 18.3 Å². The van der Waals surface area contributed by atoms with Crippen molar-refractivity contribution in [3.63, 3.8) is 0 Å². The lowest BCUT2D eigenvalue weighted by molar-refractivity contribution is -0.116. The molecule has 5 heteroatoms. The first-order chi connectivity index (χ1) is 11.3. The molecule has 2 atom stereocenters. The molecule has 0 spiro atoms. The number of carbonyl (C=O) groups is 1. The summed E-state index contributed by atoms with van der Waals surface area (Å²) in [5.74, 6) is 1.03. The number of nitrogens with one attached hydrogen (secondary N) is 1. The summed E-state index contributed by atoms with van der Waals surface area (Å²) in [4.78, 5) is 18.9. The minimum atomic E-state index is 0.00119. The van der Waals surface area contributed by atoms with Crippen molar-refractivity contribution in [3.8, 4) is 0 Å². The van der Waals surface area contributed by atoms with Crippen LogP contribution in [0.15, 0.2) is 18.3 Å². The van der Waals surface area contributed by atoms with E-state index in [1.807, 2.05) is 12.1 Å². The Balaban J connectivity index is 1.67. The van der Waals surface area contributed by atoms with Crippen LogP contribution in [-0.2, 0) is 4.79 Å². The summed E-state index contributed by atoms with van der Waals surface area (Å²) in [7, 11) is 0. The first-order valence-electron chi connectivity index (χ1n) is 9.03. The number of nitrogens with two attached hydrogens (primary N) is 1. The van der Waals surface area contributed by atoms with Crippen LogP contribution in [0, 0.1) is 10.8 Å². The second-order valence-electron chi connectivity index (χ2n) is 8.69. The molecule has 1 saturated carbocycles. The number of amides is 1. The quantitative estimate of drug-likeness (QED) is 0.870. The van der Waals surface area contributed by atoms with Gasteiger partial charge in [-0.25, -0.2) is 4.98 Å². The largest absolute Gasteiger partial charge is 0.353 e. The SMILES string of the molecule is CC1(C)CC2CC(C)(CN2c2ccc(NC(=O)CCCN)cn2)C1. The summed E-state index contributed by atoms with van der Waals surface area (Å²) in [6.45, 7) is 8.79. The maximum Gasteiger partial charge on any atom is 0.224 e. The molecule has 2 fully saturated rings. The number of anilines is 2. The number of rotatable bonds is 5. The van der Waals surface area contributed by atoms with Gasteiger partial charge in [-0.15, -0.1) is 0 Å². The van der Waals surface area contributed by atoms with Crippen LogP contribution in [0.4, 0.5) is 11.5 Å². The molecule has 1 aliphatic heterocycles. The summed E-state index contributed by atoms with van der Waals surface area (Å²) in [5, 5.41) is 2.89. The second-order valence-corrected chi connectivity index (χ2v) is 8.69. The van der Waals surface area contributed by atoms with Crippen LogP contribution < -0.4 is 16.0 Å². The fraction of sp³-hybridized carbons (Fsp3) is 0.684. The normalized spacial score (nSPS) is 28.0. The van der Waals surface area contributed by atoms with Crippen molar-refractivity contribution in [2.75, 3.05) is 23.3 Å². The van der Waals surface area contributed by atoms with Crippen molar-refractivity contribution in [2.45, 2.75) is 58.9 Å². The Bertz CT molecular complexity index is 598. The zero-order chi connectivity index (χ0) is 17.4. The van der Waals surface area contributed by atoms with Gasteiger partial charge in [-0.2, -0.15) is 0 Å². The standard InChI is InChI=1S/C19H30N4O/c1-18(2)9-15-10-19(3,12-18)13-23(15)16-7-6-14(11-21-16)22-17(24)5-4-8-20/h6-7,11,15H,4-5,8-10,12-13,20H2,1-3H3,(H,22,24). The van der Waals surface area contributed by atoms with E-state index in [0.717, 1.165) is 18.1 Å². The molecule has 1 amide bonds. The van der Waals surface area contributed by atoms with Crippen molar-refractivity contribution < 1.29 is 4.79 Å². The Morgan fingerprint density at radius 1 is 1.38 bits per heavy atom. The van der Waals surface area contributed by atoms with Crippen LogP contribution in [0.3, 0.4) is 0 Å². The Hall–Kier alpha value is -1.62. The van der Waals surface area contributed by atoms with E-state index in [4.69, 9.17) is 5.73 Å². The zero-order valence-electron chi connectivity index (χ0n) is 15.1. The number of nitrogens with zero attached hydrogens (tertiary/aromatic N) is 2. The molecular weight excluding hydrogens is 300 g/mol. The van der Waals surface area contributed by atoms with Gasteiger partial charge in [0.25, 0.3) is 0 Å². The number of fused-ring (bicyclic) bond motifs is 2. The molecule has 2 heterocycles. The topological polar surface area (TPSA) is 71.2 Å². The first kappa shape index (κ1) is 17.2. The zero-order valence-corrected chi connectivity index (χ0v) is 15.1. The van der Waals surface area contributed by atoms with E-state index >= 15 is 0 Å². The van der Waals surface area contributed by atoms with Gasteiger partial charge in [0, 0.05) is 19.0 Å². The number of carbonyl (C=O) groups excluding carboxylic acids is 1. The minimum absolute atomic E-state index is 0.00119. The first-order valence-corrected chi connectivity index (χ1v) is 9.03. The molecule has 2 bridgehead atoms. The molecule has 1 aromatic rings. The van der Waals surface area contributed by atoms with Crippen LogP contribution >= 0.6 is 0 Å². The smallest absolute Gasteiger partial charge is 0.224 e. The lowest BCUT2D eigenvalue weighted by Crippen LogP contribution is -2.34. The van der Waals surface area contributed by atoms with Crippen molar-refractivity contribution >= 4 is 17.4 Å². The Kier molecular flexibility index (Phi) is 4.56. The van der Waals surface area contributed by atoms with Gasteiger partial charge < -0.3 is 16.0 Å². The molecule has 132 valence electrons. The van der Waals surface area contributed by atoms with Gasteiger partial charge >= 0.3 is 0 Å². The number of aromatic nitrogens is 1. The van der Waals surface area contributed by atoms with Crippen LogP contribution in [0.2, 0.25) is 0 Å². The highest BCUT2D eigenvalue weighted by Crippen LogP contribution is 2.53. The maximum absolute atomic E-state index is 11.8. The monoisotopic (exact) mass is 330 g/mol. The van der Waals surface area contributed by atoms with E-state index in [-0.39, 0.29) is 5.91 Å². The third kappa shape index (κ3) is 3.72. The lowest BCUT2D eigenvalue weighted by atomic mass is 9.65.